The van der Waals surface area contributed by atoms with Crippen molar-refractivity contribution in [3.63, 3.8) is 0 Å². The van der Waals surface area contributed by atoms with Crippen LogP contribution in [0.15, 0.2) is 78.2 Å². The van der Waals surface area contributed by atoms with Gasteiger partial charge in [0.05, 0.1) is 18.3 Å². The normalized spacial score (nSPS) is 17.4. The van der Waals surface area contributed by atoms with Gasteiger partial charge in [0.25, 0.3) is 11.5 Å². The van der Waals surface area contributed by atoms with Gasteiger partial charge in [-0.25, -0.2) is 19.3 Å². The number of pyridine rings is 1. The summed E-state index contributed by atoms with van der Waals surface area (Å²) in [6.07, 6.45) is 8.65. The first-order valence-corrected chi connectivity index (χ1v) is 19.6. The van der Waals surface area contributed by atoms with Crippen LogP contribution < -0.4 is 26.4 Å². The van der Waals surface area contributed by atoms with E-state index in [1.165, 1.54) is 10.9 Å². The van der Waals surface area contributed by atoms with Crippen molar-refractivity contribution in [3.8, 4) is 5.82 Å². The predicted octanol–water partition coefficient (Wildman–Crippen LogP) is 4.76. The number of benzene rings is 2. The van der Waals surface area contributed by atoms with Gasteiger partial charge in [-0.05, 0) is 80.1 Å². The monoisotopic (exact) mass is 770 g/mol. The zero-order valence-electron chi connectivity index (χ0n) is 31.9. The Morgan fingerprint density at radius 3 is 2.61 bits per heavy atom. The molecule has 0 bridgehead atoms. The molecular formula is C42H46N10O5. The lowest BCUT2D eigenvalue weighted by atomic mass is 10.0. The molecule has 2 aromatic carbocycles. The number of allylic oxidation sites excluding steroid dienone is 1. The minimum absolute atomic E-state index is 0.166. The fraction of sp³-hybridized carbons (Fsp3) is 0.357. The number of amides is 3. The van der Waals surface area contributed by atoms with Gasteiger partial charge in [0, 0.05) is 67.5 Å². The molecule has 4 N–H and O–H groups in total. The lowest BCUT2D eigenvalue weighted by molar-refractivity contribution is -0.136. The number of aliphatic hydroxyl groups is 1. The largest absolute Gasteiger partial charge is 0.387 e. The van der Waals surface area contributed by atoms with Crippen molar-refractivity contribution in [3.05, 3.63) is 106 Å². The summed E-state index contributed by atoms with van der Waals surface area (Å²) in [5.74, 6) is -0.0323. The first-order valence-electron chi connectivity index (χ1n) is 19.6. The van der Waals surface area contributed by atoms with Crippen molar-refractivity contribution in [2.75, 3.05) is 35.7 Å². The molecule has 294 valence electrons. The van der Waals surface area contributed by atoms with Crippen molar-refractivity contribution < 1.29 is 19.5 Å². The molecule has 3 aliphatic rings. The van der Waals surface area contributed by atoms with Crippen LogP contribution in [0.5, 0.6) is 0 Å². The summed E-state index contributed by atoms with van der Waals surface area (Å²) >= 11 is 0. The van der Waals surface area contributed by atoms with Gasteiger partial charge in [-0.2, -0.15) is 4.98 Å². The van der Waals surface area contributed by atoms with E-state index in [0.717, 1.165) is 73.4 Å². The van der Waals surface area contributed by atoms with Crippen LogP contribution in [-0.4, -0.2) is 78.2 Å². The average Bonchev–Trinajstić information content (AvgIpc) is 3.84. The number of hydrogen-bond donors (Lipinski definition) is 4. The third-order valence-corrected chi connectivity index (χ3v) is 11.1. The van der Waals surface area contributed by atoms with Gasteiger partial charge in [0.1, 0.15) is 11.4 Å². The molecule has 1 aliphatic carbocycles. The molecule has 1 fully saturated rings. The van der Waals surface area contributed by atoms with Crippen LogP contribution in [0.2, 0.25) is 0 Å². The van der Waals surface area contributed by atoms with Crippen molar-refractivity contribution in [2.45, 2.75) is 76.6 Å². The second-order valence-corrected chi connectivity index (χ2v) is 14.9. The van der Waals surface area contributed by atoms with Gasteiger partial charge in [0.15, 0.2) is 11.5 Å². The average molecular weight is 771 g/mol. The van der Waals surface area contributed by atoms with E-state index in [4.69, 9.17) is 9.97 Å². The zero-order valence-corrected chi connectivity index (χ0v) is 31.9. The Hall–Kier alpha value is -6.35. The van der Waals surface area contributed by atoms with Crippen molar-refractivity contribution in [2.24, 2.45) is 0 Å². The van der Waals surface area contributed by atoms with E-state index in [1.54, 1.807) is 21.7 Å². The lowest BCUT2D eigenvalue weighted by Crippen LogP contribution is -2.52. The summed E-state index contributed by atoms with van der Waals surface area (Å²) in [5.41, 5.74) is 6.10. The van der Waals surface area contributed by atoms with Crippen LogP contribution >= 0.6 is 0 Å². The first-order chi connectivity index (χ1) is 27.7. The molecule has 2 atom stereocenters. The number of aromatic nitrogens is 5. The molecule has 0 saturated carbocycles. The number of anilines is 4. The van der Waals surface area contributed by atoms with Crippen molar-refractivity contribution in [1.82, 2.24) is 34.5 Å². The highest BCUT2D eigenvalue weighted by molar-refractivity contribution is 6.06. The minimum atomic E-state index is -0.634. The number of fused-ring (bicyclic) bond motifs is 3. The fourth-order valence-corrected chi connectivity index (χ4v) is 8.01. The highest BCUT2D eigenvalue weighted by Crippen LogP contribution is 2.33. The molecule has 5 heterocycles. The number of imide groups is 1. The fourth-order valence-electron chi connectivity index (χ4n) is 8.01. The number of carbonyl (C=O) groups is 3. The number of rotatable bonds is 15. The highest BCUT2D eigenvalue weighted by Gasteiger charge is 2.39. The van der Waals surface area contributed by atoms with E-state index in [1.807, 2.05) is 48.5 Å². The van der Waals surface area contributed by atoms with Crippen LogP contribution in [-0.2, 0) is 29.1 Å². The molecular weight excluding hydrogens is 725 g/mol. The third kappa shape index (κ3) is 7.49. The van der Waals surface area contributed by atoms with Crippen LogP contribution in [0.4, 0.5) is 23.0 Å². The maximum atomic E-state index is 13.4. The van der Waals surface area contributed by atoms with E-state index in [-0.39, 0.29) is 30.3 Å². The molecule has 3 aromatic heterocycles. The summed E-state index contributed by atoms with van der Waals surface area (Å²) in [5, 5.41) is 20.0. The molecule has 8 rings (SSSR count). The number of unbranched alkanes of at least 4 members (excludes halogenated alkanes) is 3. The molecule has 15 heteroatoms. The number of piperidine rings is 1. The van der Waals surface area contributed by atoms with E-state index >= 15 is 0 Å². The summed E-state index contributed by atoms with van der Waals surface area (Å²) < 4.78 is 3.19. The summed E-state index contributed by atoms with van der Waals surface area (Å²) in [6.45, 7) is 6.10. The molecule has 5 aromatic rings. The topological polar surface area (TPSA) is 180 Å². The number of nitrogens with one attached hydrogen (secondary N) is 3. The molecule has 57 heavy (non-hydrogen) atoms. The van der Waals surface area contributed by atoms with Gasteiger partial charge in [-0.3, -0.25) is 24.5 Å². The minimum Gasteiger partial charge on any atom is -0.387 e. The number of hydrogen-bond acceptors (Lipinski definition) is 11. The van der Waals surface area contributed by atoms with Crippen LogP contribution in [0.3, 0.4) is 0 Å². The Bertz CT molecular complexity index is 2420. The van der Waals surface area contributed by atoms with E-state index < -0.39 is 18.1 Å². The number of aliphatic hydroxyl groups excluding tert-OH is 1. The molecule has 0 radical (unpaired) electrons. The quantitative estimate of drug-likeness (QED) is 0.0656. The summed E-state index contributed by atoms with van der Waals surface area (Å²) in [6, 6.07) is 16.9. The first kappa shape index (κ1) is 37.6. The Morgan fingerprint density at radius 1 is 0.982 bits per heavy atom. The van der Waals surface area contributed by atoms with Gasteiger partial charge < -0.3 is 25.5 Å². The molecule has 2 aliphatic heterocycles. The van der Waals surface area contributed by atoms with Crippen LogP contribution in [0.25, 0.3) is 16.9 Å². The van der Waals surface area contributed by atoms with E-state index in [9.17, 15) is 24.3 Å². The Morgan fingerprint density at radius 2 is 1.81 bits per heavy atom. The Kier molecular flexibility index (Phi) is 10.6. The van der Waals surface area contributed by atoms with Crippen LogP contribution in [0, 0.1) is 0 Å². The van der Waals surface area contributed by atoms with Gasteiger partial charge in [0.2, 0.25) is 17.8 Å². The number of nitrogens with zero attached hydrogens (tertiary/aromatic N) is 7. The molecule has 0 spiro atoms. The predicted molar refractivity (Wildman–Crippen MR) is 217 cm³/mol. The lowest BCUT2D eigenvalue weighted by Gasteiger charge is -2.29. The summed E-state index contributed by atoms with van der Waals surface area (Å²) in [7, 11) is 2.08. The number of carbonyl (C=O) groups excluding carboxylic acids is 3. The molecule has 15 nitrogen and oxygen atoms in total. The second-order valence-electron chi connectivity index (χ2n) is 14.9. The van der Waals surface area contributed by atoms with Crippen molar-refractivity contribution >= 4 is 51.8 Å². The van der Waals surface area contributed by atoms with Gasteiger partial charge in [-0.1, -0.05) is 31.1 Å². The van der Waals surface area contributed by atoms with Gasteiger partial charge in [-0.15, -0.1) is 6.58 Å². The second kappa shape index (κ2) is 16.0. The maximum absolute atomic E-state index is 13.4. The van der Waals surface area contributed by atoms with Crippen LogP contribution in [0.1, 0.15) is 78.2 Å². The van der Waals surface area contributed by atoms with E-state index in [2.05, 4.69) is 39.5 Å². The maximum Gasteiger partial charge on any atom is 0.278 e. The van der Waals surface area contributed by atoms with Crippen molar-refractivity contribution in [1.29, 1.82) is 0 Å². The molecule has 2 unspecified atom stereocenters. The molecule has 1 saturated heterocycles. The zero-order chi connectivity index (χ0) is 39.6. The standard InChI is InChI=1S/C42H46N10O5/c1-3-22-51-41(57)30-24-44-42(48-38(30)52(51)35-19-12-26-11-18-34(53)37(26)46-35)45-27-13-15-28(16-14-27)49(2)23-7-5-4-6-21-43-32-10-8-9-29-31(32)25-50(40(29)56)33-17-20-36(54)47-39(33)55/h3,8-10,12-16,19,24,33-34,43,53H,1,4-7,11,17-18,20-23,25H2,2H3,(H,44,45,48)(H,47,54,55). The third-order valence-electron chi connectivity index (χ3n) is 11.1. The summed E-state index contributed by atoms with van der Waals surface area (Å²) in [4.78, 5) is 68.3. The van der Waals surface area contributed by atoms with E-state index in [0.29, 0.717) is 53.4 Å². The highest BCUT2D eigenvalue weighted by atomic mass is 16.3. The SMILES string of the molecule is C=CCn1c(=O)c2cnc(Nc3ccc(N(C)CCCCCCNc4cccc5c4CN(C4CCC(=O)NC4=O)C5=O)cc3)nc2n1-c1ccc2c(n1)C(O)CC2. The molecule has 3 amide bonds. The smallest absolute Gasteiger partial charge is 0.278 e. The van der Waals surface area contributed by atoms with Gasteiger partial charge >= 0.3 is 0 Å². The Balaban J connectivity index is 0.823. The Labute approximate surface area is 329 Å². The number of aryl methyl sites for hydroxylation is 1.